The molecule has 0 fully saturated rings. The number of ether oxygens (including phenoxy) is 1. The number of hydrogen-bond donors (Lipinski definition) is 2. The van der Waals surface area contributed by atoms with Crippen molar-refractivity contribution in [2.75, 3.05) is 13.7 Å². The zero-order valence-corrected chi connectivity index (χ0v) is 7.09. The topological polar surface area (TPSA) is 64.3 Å². The Morgan fingerprint density at radius 3 is 2.82 bits per heavy atom. The highest BCUT2D eigenvalue weighted by Gasteiger charge is 2.02. The van der Waals surface area contributed by atoms with Gasteiger partial charge in [0.1, 0.15) is 0 Å². The normalized spacial score (nSPS) is 12.3. The molecule has 0 aromatic heterocycles. The second-order valence-corrected chi connectivity index (χ2v) is 2.42. The third-order valence-corrected chi connectivity index (χ3v) is 1.35. The summed E-state index contributed by atoms with van der Waals surface area (Å²) in [6.45, 7) is 2.54. The van der Waals surface area contributed by atoms with Gasteiger partial charge in [0, 0.05) is 12.6 Å². The number of nitrogens with one attached hydrogen (secondary N) is 1. The van der Waals surface area contributed by atoms with Gasteiger partial charge in [-0.1, -0.05) is 13.3 Å². The Morgan fingerprint density at radius 1 is 1.73 bits per heavy atom. The molecule has 1 amide bonds. The van der Waals surface area contributed by atoms with Crippen molar-refractivity contribution in [3.8, 4) is 0 Å². The smallest absolute Gasteiger partial charge is 0.406 e. The highest BCUT2D eigenvalue weighted by molar-refractivity contribution is 5.66. The van der Waals surface area contributed by atoms with Crippen LogP contribution in [-0.2, 0) is 4.74 Å². The van der Waals surface area contributed by atoms with Crippen molar-refractivity contribution in [3.63, 3.8) is 0 Å². The van der Waals surface area contributed by atoms with Gasteiger partial charge in [0.15, 0.2) is 0 Å². The minimum absolute atomic E-state index is 0.0408. The Morgan fingerprint density at radius 2 is 2.36 bits per heavy atom. The van der Waals surface area contributed by atoms with Crippen LogP contribution in [0.4, 0.5) is 4.79 Å². The van der Waals surface area contributed by atoms with E-state index in [1.165, 1.54) is 7.11 Å². The number of carbonyl (C=O) groups is 1. The number of hydrogen-bond acceptors (Lipinski definition) is 3. The van der Waals surface area contributed by atoms with Gasteiger partial charge in [-0.2, -0.15) is 0 Å². The molecular weight excluding hydrogens is 144 g/mol. The van der Waals surface area contributed by atoms with Crippen molar-refractivity contribution in [2.24, 2.45) is 5.73 Å². The standard InChI is InChI=1S/C7H16N2O2/c1-3-4-6(8)5-9-7(10)11-2/h6H,3-5,8H2,1-2H3,(H,9,10). The summed E-state index contributed by atoms with van der Waals surface area (Å²) in [5, 5.41) is 2.53. The van der Waals surface area contributed by atoms with Crippen LogP contribution in [0.2, 0.25) is 0 Å². The van der Waals surface area contributed by atoms with E-state index in [9.17, 15) is 4.79 Å². The largest absolute Gasteiger partial charge is 0.453 e. The van der Waals surface area contributed by atoms with Crippen LogP contribution in [0.1, 0.15) is 19.8 Å². The molecule has 0 aliphatic carbocycles. The first-order valence-electron chi connectivity index (χ1n) is 3.78. The van der Waals surface area contributed by atoms with Crippen molar-refractivity contribution in [1.82, 2.24) is 5.32 Å². The van der Waals surface area contributed by atoms with E-state index in [-0.39, 0.29) is 6.04 Å². The maximum Gasteiger partial charge on any atom is 0.406 e. The predicted octanol–water partition coefficient (Wildman–Crippen LogP) is 0.470. The number of amides is 1. The Bertz CT molecular complexity index is 117. The molecule has 0 aliphatic heterocycles. The van der Waals surface area contributed by atoms with E-state index in [2.05, 4.69) is 17.0 Å². The summed E-state index contributed by atoms with van der Waals surface area (Å²) in [6, 6.07) is 0.0408. The van der Waals surface area contributed by atoms with Gasteiger partial charge in [-0.3, -0.25) is 0 Å². The van der Waals surface area contributed by atoms with Crippen molar-refractivity contribution < 1.29 is 9.53 Å². The highest BCUT2D eigenvalue weighted by Crippen LogP contribution is 1.90. The summed E-state index contributed by atoms with van der Waals surface area (Å²) in [5.74, 6) is 0. The van der Waals surface area contributed by atoms with Crippen LogP contribution in [0.3, 0.4) is 0 Å². The maximum absolute atomic E-state index is 10.5. The molecule has 66 valence electrons. The Balaban J connectivity index is 3.29. The van der Waals surface area contributed by atoms with Crippen molar-refractivity contribution >= 4 is 6.09 Å². The van der Waals surface area contributed by atoms with Crippen molar-refractivity contribution in [1.29, 1.82) is 0 Å². The molecule has 4 heteroatoms. The first-order valence-corrected chi connectivity index (χ1v) is 3.78. The third-order valence-electron chi connectivity index (χ3n) is 1.35. The molecule has 0 aromatic carbocycles. The van der Waals surface area contributed by atoms with Gasteiger partial charge in [-0.05, 0) is 6.42 Å². The molecule has 0 rings (SSSR count). The molecular formula is C7H16N2O2. The first kappa shape index (κ1) is 10.2. The van der Waals surface area contributed by atoms with Crippen LogP contribution < -0.4 is 11.1 Å². The monoisotopic (exact) mass is 160 g/mol. The number of alkyl carbamates (subject to hydrolysis) is 1. The van der Waals surface area contributed by atoms with E-state index >= 15 is 0 Å². The highest BCUT2D eigenvalue weighted by atomic mass is 16.5. The number of carbonyl (C=O) groups excluding carboxylic acids is 1. The fourth-order valence-electron chi connectivity index (χ4n) is 0.759. The Kier molecular flexibility index (Phi) is 5.56. The van der Waals surface area contributed by atoms with Crippen molar-refractivity contribution in [2.45, 2.75) is 25.8 Å². The van der Waals surface area contributed by atoms with Gasteiger partial charge in [0.05, 0.1) is 7.11 Å². The molecule has 0 aromatic rings. The van der Waals surface area contributed by atoms with Gasteiger partial charge in [0.25, 0.3) is 0 Å². The van der Waals surface area contributed by atoms with E-state index in [1.54, 1.807) is 0 Å². The molecule has 0 bridgehead atoms. The zero-order chi connectivity index (χ0) is 8.69. The lowest BCUT2D eigenvalue weighted by molar-refractivity contribution is 0.170. The SMILES string of the molecule is CCCC(N)CNC(=O)OC. The minimum Gasteiger partial charge on any atom is -0.453 e. The predicted molar refractivity (Wildman–Crippen MR) is 43.3 cm³/mol. The Hall–Kier alpha value is -0.770. The molecule has 0 aliphatic rings. The lowest BCUT2D eigenvalue weighted by Crippen LogP contribution is -2.36. The lowest BCUT2D eigenvalue weighted by atomic mass is 10.2. The average Bonchev–Trinajstić information content (AvgIpc) is 2.01. The van der Waals surface area contributed by atoms with E-state index < -0.39 is 6.09 Å². The minimum atomic E-state index is -0.420. The summed E-state index contributed by atoms with van der Waals surface area (Å²) in [6.07, 6.45) is 1.53. The Labute approximate surface area is 67.1 Å². The van der Waals surface area contributed by atoms with Crippen LogP contribution in [-0.4, -0.2) is 25.8 Å². The van der Waals surface area contributed by atoms with Crippen LogP contribution in [0.25, 0.3) is 0 Å². The molecule has 0 saturated heterocycles. The van der Waals surface area contributed by atoms with Crippen LogP contribution in [0, 0.1) is 0 Å². The molecule has 0 spiro atoms. The van der Waals surface area contributed by atoms with E-state index in [1.807, 2.05) is 0 Å². The summed E-state index contributed by atoms with van der Waals surface area (Å²) >= 11 is 0. The van der Waals surface area contributed by atoms with E-state index in [4.69, 9.17) is 5.73 Å². The number of methoxy groups -OCH3 is 1. The fourth-order valence-corrected chi connectivity index (χ4v) is 0.759. The van der Waals surface area contributed by atoms with Crippen LogP contribution in [0.15, 0.2) is 0 Å². The van der Waals surface area contributed by atoms with E-state index in [0.717, 1.165) is 12.8 Å². The molecule has 11 heavy (non-hydrogen) atoms. The molecule has 3 N–H and O–H groups in total. The molecule has 1 atom stereocenters. The molecule has 0 radical (unpaired) electrons. The third kappa shape index (κ3) is 5.66. The summed E-state index contributed by atoms with van der Waals surface area (Å²) < 4.78 is 4.37. The summed E-state index contributed by atoms with van der Waals surface area (Å²) in [7, 11) is 1.33. The van der Waals surface area contributed by atoms with Crippen LogP contribution >= 0.6 is 0 Å². The second kappa shape index (κ2) is 5.97. The van der Waals surface area contributed by atoms with Gasteiger partial charge in [0.2, 0.25) is 0 Å². The maximum atomic E-state index is 10.5. The first-order chi connectivity index (χ1) is 5.20. The van der Waals surface area contributed by atoms with Gasteiger partial charge in [-0.25, -0.2) is 4.79 Å². The quantitative estimate of drug-likeness (QED) is 0.628. The average molecular weight is 160 g/mol. The fraction of sp³-hybridized carbons (Fsp3) is 0.857. The van der Waals surface area contributed by atoms with Gasteiger partial charge >= 0.3 is 6.09 Å². The van der Waals surface area contributed by atoms with Gasteiger partial charge in [-0.15, -0.1) is 0 Å². The van der Waals surface area contributed by atoms with E-state index in [0.29, 0.717) is 6.54 Å². The molecule has 0 saturated carbocycles. The molecule has 1 unspecified atom stereocenters. The number of nitrogens with two attached hydrogens (primary N) is 1. The summed E-state index contributed by atoms with van der Waals surface area (Å²) in [4.78, 5) is 10.5. The number of rotatable bonds is 4. The lowest BCUT2D eigenvalue weighted by Gasteiger charge is -2.09. The van der Waals surface area contributed by atoms with Crippen LogP contribution in [0.5, 0.6) is 0 Å². The molecule has 0 heterocycles. The molecule has 4 nitrogen and oxygen atoms in total. The second-order valence-electron chi connectivity index (χ2n) is 2.42. The zero-order valence-electron chi connectivity index (χ0n) is 7.09. The van der Waals surface area contributed by atoms with Crippen molar-refractivity contribution in [3.05, 3.63) is 0 Å². The van der Waals surface area contributed by atoms with Gasteiger partial charge < -0.3 is 15.8 Å². The summed E-state index contributed by atoms with van der Waals surface area (Å²) in [5.41, 5.74) is 5.62.